The average Bonchev–Trinajstić information content (AvgIpc) is 3.53. The van der Waals surface area contributed by atoms with Crippen LogP contribution in [0.2, 0.25) is 0 Å². The molecule has 2 aromatic rings. The number of ether oxygens (including phenoxy) is 1. The van der Waals surface area contributed by atoms with Gasteiger partial charge in [0, 0.05) is 32.3 Å². The fourth-order valence-corrected chi connectivity index (χ4v) is 3.92. The SMILES string of the molecule is CCOc1c(CC(N)=O)cc([C@@](O)(COSI)C2CC2)nc1-c1ccc(F)cc1. The van der Waals surface area contributed by atoms with Gasteiger partial charge in [0.15, 0.2) is 0 Å². The van der Waals surface area contributed by atoms with Crippen molar-refractivity contribution >= 4 is 36.3 Å². The Morgan fingerprint density at radius 1 is 1.41 bits per heavy atom. The summed E-state index contributed by atoms with van der Waals surface area (Å²) in [6, 6.07) is 7.51. The summed E-state index contributed by atoms with van der Waals surface area (Å²) >= 11 is 1.99. The van der Waals surface area contributed by atoms with Crippen LogP contribution in [-0.4, -0.2) is 29.2 Å². The van der Waals surface area contributed by atoms with E-state index in [4.69, 9.17) is 19.6 Å². The summed E-state index contributed by atoms with van der Waals surface area (Å²) in [5.41, 5.74) is 6.13. The molecule has 0 aliphatic heterocycles. The maximum atomic E-state index is 13.5. The maximum Gasteiger partial charge on any atom is 0.221 e. The molecular weight excluding hydrogens is 510 g/mol. The Morgan fingerprint density at radius 3 is 2.66 bits per heavy atom. The monoisotopic (exact) mass is 532 g/mol. The van der Waals surface area contributed by atoms with Crippen molar-refractivity contribution in [1.29, 1.82) is 0 Å². The van der Waals surface area contributed by atoms with Crippen LogP contribution in [0.3, 0.4) is 0 Å². The van der Waals surface area contributed by atoms with Gasteiger partial charge < -0.3 is 19.8 Å². The van der Waals surface area contributed by atoms with Crippen LogP contribution in [0, 0.1) is 11.7 Å². The first-order valence-corrected chi connectivity index (χ1v) is 12.5. The highest BCUT2D eigenvalue weighted by Crippen LogP contribution is 2.47. The number of nitrogens with two attached hydrogens (primary N) is 1. The van der Waals surface area contributed by atoms with Crippen LogP contribution in [0.15, 0.2) is 30.3 Å². The lowest BCUT2D eigenvalue weighted by Gasteiger charge is -2.28. The zero-order chi connectivity index (χ0) is 21.0. The van der Waals surface area contributed by atoms with Gasteiger partial charge in [-0.1, -0.05) is 0 Å². The van der Waals surface area contributed by atoms with E-state index in [2.05, 4.69) is 0 Å². The number of carbonyl (C=O) groups excluding carboxylic acids is 1. The van der Waals surface area contributed by atoms with E-state index in [9.17, 15) is 14.3 Å². The Kier molecular flexibility index (Phi) is 7.36. The first kappa shape index (κ1) is 22.3. The quantitative estimate of drug-likeness (QED) is 0.356. The number of halogens is 2. The van der Waals surface area contributed by atoms with Crippen LogP contribution in [0.1, 0.15) is 31.0 Å². The molecule has 0 bridgehead atoms. The number of nitrogens with zero attached hydrogens (tertiary/aromatic N) is 1. The minimum Gasteiger partial charge on any atom is -0.491 e. The maximum absolute atomic E-state index is 13.5. The third-order valence-corrected chi connectivity index (χ3v) is 5.81. The summed E-state index contributed by atoms with van der Waals surface area (Å²) < 4.78 is 24.7. The second kappa shape index (κ2) is 9.59. The van der Waals surface area contributed by atoms with Crippen molar-refractivity contribution < 1.29 is 23.2 Å². The standard InChI is InChI=1S/C20H22FIN2O4S/c1-2-27-19-13(10-17(23)25)9-16(20(26,11-28-29-22)14-5-6-14)24-18(19)12-3-7-15(21)8-4-12/h3-4,7-9,14,26H,2,5-6,10-11H2,1H3,(H2,23,25)/t20-/m1/s1. The Balaban J connectivity index is 2.19. The Hall–Kier alpha value is -1.43. The van der Waals surface area contributed by atoms with Gasteiger partial charge in [-0.25, -0.2) is 9.37 Å². The lowest BCUT2D eigenvalue weighted by Crippen LogP contribution is -2.35. The third-order valence-electron chi connectivity index (χ3n) is 4.84. The third kappa shape index (κ3) is 5.19. The Bertz CT molecular complexity index is 880. The smallest absolute Gasteiger partial charge is 0.221 e. The van der Waals surface area contributed by atoms with Crippen LogP contribution in [-0.2, 0) is 21.0 Å². The van der Waals surface area contributed by atoms with Gasteiger partial charge >= 0.3 is 0 Å². The fourth-order valence-electron chi connectivity index (χ4n) is 3.31. The van der Waals surface area contributed by atoms with E-state index in [1.807, 2.05) is 28.1 Å². The molecule has 1 aliphatic rings. The number of aliphatic hydroxyl groups is 1. The number of hydrogen-bond donors (Lipinski definition) is 2. The molecule has 156 valence electrons. The average molecular weight is 532 g/mol. The molecule has 1 aliphatic carbocycles. The van der Waals surface area contributed by atoms with Crippen molar-refractivity contribution in [3.8, 4) is 17.0 Å². The highest BCUT2D eigenvalue weighted by atomic mass is 127. The summed E-state index contributed by atoms with van der Waals surface area (Å²) in [7, 11) is 1.14. The molecule has 3 N–H and O–H groups in total. The lowest BCUT2D eigenvalue weighted by molar-refractivity contribution is -0.117. The van der Waals surface area contributed by atoms with E-state index in [0.717, 1.165) is 22.1 Å². The summed E-state index contributed by atoms with van der Waals surface area (Å²) in [6.45, 7) is 2.23. The number of benzene rings is 1. The molecular formula is C20H22FIN2O4S. The molecule has 0 spiro atoms. The summed E-state index contributed by atoms with van der Waals surface area (Å²) in [4.78, 5) is 16.4. The zero-order valence-corrected chi connectivity index (χ0v) is 18.8. The van der Waals surface area contributed by atoms with Crippen LogP contribution < -0.4 is 10.5 Å². The predicted octanol–water partition coefficient (Wildman–Crippen LogP) is 3.93. The molecule has 29 heavy (non-hydrogen) atoms. The largest absolute Gasteiger partial charge is 0.491 e. The highest BCUT2D eigenvalue weighted by Gasteiger charge is 2.47. The molecule has 0 saturated heterocycles. The molecule has 0 radical (unpaired) electrons. The number of carbonyl (C=O) groups is 1. The summed E-state index contributed by atoms with van der Waals surface area (Å²) in [5.74, 6) is -0.479. The van der Waals surface area contributed by atoms with E-state index in [-0.39, 0.29) is 24.8 Å². The van der Waals surface area contributed by atoms with Gasteiger partial charge in [-0.05, 0) is 56.0 Å². The molecule has 1 aromatic carbocycles. The van der Waals surface area contributed by atoms with Gasteiger partial charge in [-0.15, -0.1) is 0 Å². The van der Waals surface area contributed by atoms with Crippen molar-refractivity contribution in [3.05, 3.63) is 47.4 Å². The fraction of sp³-hybridized carbons (Fsp3) is 0.400. The molecule has 1 aromatic heterocycles. The summed E-state index contributed by atoms with van der Waals surface area (Å²) in [5, 5.41) is 11.4. The number of hydrogen-bond acceptors (Lipinski definition) is 6. The zero-order valence-electron chi connectivity index (χ0n) is 15.9. The van der Waals surface area contributed by atoms with Crippen molar-refractivity contribution in [2.75, 3.05) is 13.2 Å². The minimum atomic E-state index is -1.30. The first-order valence-electron chi connectivity index (χ1n) is 9.23. The predicted molar refractivity (Wildman–Crippen MR) is 118 cm³/mol. The van der Waals surface area contributed by atoms with Crippen LogP contribution in [0.4, 0.5) is 4.39 Å². The minimum absolute atomic E-state index is 0.0130. The van der Waals surface area contributed by atoms with E-state index >= 15 is 0 Å². The van der Waals surface area contributed by atoms with Gasteiger partial charge in [-0.3, -0.25) is 4.79 Å². The number of aromatic nitrogens is 1. The number of rotatable bonds is 10. The first-order chi connectivity index (χ1) is 13.9. The van der Waals surface area contributed by atoms with Crippen LogP contribution in [0.25, 0.3) is 11.3 Å². The van der Waals surface area contributed by atoms with Crippen molar-refractivity contribution in [2.24, 2.45) is 11.7 Å². The van der Waals surface area contributed by atoms with Crippen molar-refractivity contribution in [3.63, 3.8) is 0 Å². The summed E-state index contributed by atoms with van der Waals surface area (Å²) in [6.07, 6.45) is 1.65. The van der Waals surface area contributed by atoms with Gasteiger partial charge in [0.2, 0.25) is 5.91 Å². The van der Waals surface area contributed by atoms with E-state index < -0.39 is 11.5 Å². The molecule has 1 atom stereocenters. The molecule has 1 fully saturated rings. The molecule has 1 heterocycles. The number of primary amides is 1. The van der Waals surface area contributed by atoms with Gasteiger partial charge in [-0.2, -0.15) is 0 Å². The molecule has 1 amide bonds. The van der Waals surface area contributed by atoms with Crippen LogP contribution in [0.5, 0.6) is 5.75 Å². The molecule has 0 unspecified atom stereocenters. The van der Waals surface area contributed by atoms with E-state index in [0.29, 0.717) is 34.9 Å². The van der Waals surface area contributed by atoms with Gasteiger partial charge in [0.05, 0.1) is 34.5 Å². The highest BCUT2D eigenvalue weighted by molar-refractivity contribution is 14.2. The number of pyridine rings is 1. The Morgan fingerprint density at radius 2 is 2.10 bits per heavy atom. The normalized spacial score (nSPS) is 15.7. The molecule has 3 rings (SSSR count). The molecule has 9 heteroatoms. The molecule has 1 saturated carbocycles. The van der Waals surface area contributed by atoms with E-state index in [1.54, 1.807) is 18.2 Å². The molecule has 6 nitrogen and oxygen atoms in total. The second-order valence-corrected chi connectivity index (χ2v) is 8.39. The second-order valence-electron chi connectivity index (χ2n) is 6.95. The van der Waals surface area contributed by atoms with Gasteiger partial charge in [0.25, 0.3) is 0 Å². The topological polar surface area (TPSA) is 94.7 Å². The Labute approximate surface area is 185 Å². The van der Waals surface area contributed by atoms with Gasteiger partial charge in [0.1, 0.15) is 22.9 Å². The van der Waals surface area contributed by atoms with Crippen molar-refractivity contribution in [1.82, 2.24) is 4.98 Å². The van der Waals surface area contributed by atoms with E-state index in [1.165, 1.54) is 12.1 Å². The number of amides is 1. The van der Waals surface area contributed by atoms with Crippen molar-refractivity contribution in [2.45, 2.75) is 31.8 Å². The van der Waals surface area contributed by atoms with Crippen LogP contribution >= 0.6 is 30.4 Å². The lowest BCUT2D eigenvalue weighted by atomic mass is 9.91.